The number of halogens is 1. The minimum absolute atomic E-state index is 0.115. The van der Waals surface area contributed by atoms with Gasteiger partial charge in [-0.3, -0.25) is 9.59 Å². The van der Waals surface area contributed by atoms with Crippen LogP contribution in [0.4, 0.5) is 10.7 Å². The van der Waals surface area contributed by atoms with Gasteiger partial charge in [0.05, 0.1) is 24.2 Å². The maximum Gasteiger partial charge on any atom is 0.341 e. The first-order chi connectivity index (χ1) is 16.3. The zero-order valence-electron chi connectivity index (χ0n) is 18.8. The SMILES string of the molecule is CCOc1ccc(NC(=O)c2sc(NC(=O)COc3ccc(Cl)cc3)c(C(=O)OC)c2C)cc1. The van der Waals surface area contributed by atoms with E-state index in [9.17, 15) is 14.4 Å². The van der Waals surface area contributed by atoms with Crippen molar-refractivity contribution in [1.82, 2.24) is 0 Å². The zero-order chi connectivity index (χ0) is 24.7. The number of ether oxygens (including phenoxy) is 3. The summed E-state index contributed by atoms with van der Waals surface area (Å²) in [5.41, 5.74) is 1.07. The molecule has 0 fully saturated rings. The molecule has 3 rings (SSSR count). The van der Waals surface area contributed by atoms with Crippen LogP contribution in [0.25, 0.3) is 0 Å². The van der Waals surface area contributed by atoms with E-state index in [1.807, 2.05) is 6.92 Å². The maximum absolute atomic E-state index is 12.9. The van der Waals surface area contributed by atoms with Gasteiger partial charge in [0.2, 0.25) is 0 Å². The lowest BCUT2D eigenvalue weighted by Crippen LogP contribution is -2.21. The summed E-state index contributed by atoms with van der Waals surface area (Å²) in [6, 6.07) is 13.5. The Hall–Kier alpha value is -3.56. The summed E-state index contributed by atoms with van der Waals surface area (Å²) in [6.45, 7) is 3.74. The molecule has 0 spiro atoms. The van der Waals surface area contributed by atoms with Crippen molar-refractivity contribution in [3.8, 4) is 11.5 Å². The quantitative estimate of drug-likeness (QED) is 0.391. The van der Waals surface area contributed by atoms with Gasteiger partial charge < -0.3 is 24.8 Å². The van der Waals surface area contributed by atoms with Gasteiger partial charge in [-0.15, -0.1) is 11.3 Å². The van der Waals surface area contributed by atoms with Crippen molar-refractivity contribution in [2.75, 3.05) is 31.0 Å². The number of amides is 2. The van der Waals surface area contributed by atoms with Crippen LogP contribution < -0.4 is 20.1 Å². The molecule has 1 aromatic heterocycles. The second kappa shape index (κ2) is 11.5. The molecule has 0 atom stereocenters. The van der Waals surface area contributed by atoms with Crippen molar-refractivity contribution in [2.24, 2.45) is 0 Å². The third-order valence-corrected chi connectivity index (χ3v) is 6.06. The smallest absolute Gasteiger partial charge is 0.341 e. The number of methoxy groups -OCH3 is 1. The fraction of sp³-hybridized carbons (Fsp3) is 0.208. The molecule has 0 saturated heterocycles. The van der Waals surface area contributed by atoms with Crippen LogP contribution >= 0.6 is 22.9 Å². The monoisotopic (exact) mass is 502 g/mol. The average Bonchev–Trinajstić information content (AvgIpc) is 3.15. The molecular formula is C24H23ClN2O6S. The third kappa shape index (κ3) is 6.27. The van der Waals surface area contributed by atoms with Crippen molar-refractivity contribution in [1.29, 1.82) is 0 Å². The van der Waals surface area contributed by atoms with Crippen molar-refractivity contribution < 1.29 is 28.6 Å². The molecule has 2 aromatic carbocycles. The molecule has 0 aliphatic rings. The molecule has 0 aliphatic heterocycles. The Labute approximate surface area is 205 Å². The average molecular weight is 503 g/mol. The van der Waals surface area contributed by atoms with Crippen LogP contribution in [0.15, 0.2) is 48.5 Å². The number of anilines is 2. The highest BCUT2D eigenvalue weighted by Gasteiger charge is 2.26. The Kier molecular flexibility index (Phi) is 8.50. The molecule has 0 saturated carbocycles. The number of hydrogen-bond donors (Lipinski definition) is 2. The van der Waals surface area contributed by atoms with Crippen LogP contribution in [0.5, 0.6) is 11.5 Å². The number of carbonyl (C=O) groups is 3. The van der Waals surface area contributed by atoms with Crippen LogP contribution in [-0.2, 0) is 9.53 Å². The summed E-state index contributed by atoms with van der Waals surface area (Å²) in [4.78, 5) is 38.0. The molecule has 0 unspecified atom stereocenters. The summed E-state index contributed by atoms with van der Waals surface area (Å²) >= 11 is 6.82. The number of nitrogens with one attached hydrogen (secondary N) is 2. The van der Waals surface area contributed by atoms with Crippen molar-refractivity contribution in [3.05, 3.63) is 69.6 Å². The van der Waals surface area contributed by atoms with E-state index in [1.54, 1.807) is 55.5 Å². The molecule has 0 radical (unpaired) electrons. The van der Waals surface area contributed by atoms with Gasteiger partial charge >= 0.3 is 5.97 Å². The topological polar surface area (TPSA) is 103 Å². The van der Waals surface area contributed by atoms with E-state index in [2.05, 4.69) is 10.6 Å². The normalized spacial score (nSPS) is 10.4. The maximum atomic E-state index is 12.9. The number of carbonyl (C=O) groups excluding carboxylic acids is 3. The minimum Gasteiger partial charge on any atom is -0.494 e. The Balaban J connectivity index is 1.75. The first-order valence-corrected chi connectivity index (χ1v) is 11.5. The van der Waals surface area contributed by atoms with Gasteiger partial charge in [0, 0.05) is 10.7 Å². The predicted octanol–water partition coefficient (Wildman–Crippen LogP) is 5.17. The molecule has 8 nitrogen and oxygen atoms in total. The molecule has 2 amide bonds. The molecular weight excluding hydrogens is 480 g/mol. The summed E-state index contributed by atoms with van der Waals surface area (Å²) in [5.74, 6) is -0.436. The molecule has 178 valence electrons. The summed E-state index contributed by atoms with van der Waals surface area (Å²) in [5, 5.41) is 6.17. The van der Waals surface area contributed by atoms with E-state index in [0.717, 1.165) is 11.3 Å². The number of rotatable bonds is 9. The Morgan fingerprint density at radius 3 is 2.18 bits per heavy atom. The van der Waals surface area contributed by atoms with Crippen LogP contribution in [0, 0.1) is 6.92 Å². The second-order valence-electron chi connectivity index (χ2n) is 6.95. The summed E-state index contributed by atoms with van der Waals surface area (Å²) in [7, 11) is 1.23. The Bertz CT molecular complexity index is 1180. The van der Waals surface area contributed by atoms with Gasteiger partial charge in [-0.2, -0.15) is 0 Å². The fourth-order valence-electron chi connectivity index (χ4n) is 3.00. The highest BCUT2D eigenvalue weighted by Crippen LogP contribution is 2.34. The van der Waals surface area contributed by atoms with E-state index in [1.165, 1.54) is 7.11 Å². The van der Waals surface area contributed by atoms with E-state index in [-0.39, 0.29) is 22.0 Å². The van der Waals surface area contributed by atoms with Crippen molar-refractivity contribution in [3.63, 3.8) is 0 Å². The van der Waals surface area contributed by atoms with Gasteiger partial charge in [0.1, 0.15) is 16.5 Å². The van der Waals surface area contributed by atoms with Crippen LogP contribution in [0.1, 0.15) is 32.5 Å². The number of esters is 1. The number of thiophene rings is 1. The van der Waals surface area contributed by atoms with Gasteiger partial charge in [-0.25, -0.2) is 4.79 Å². The molecule has 0 bridgehead atoms. The molecule has 3 aromatic rings. The first kappa shape index (κ1) is 25.1. The molecule has 0 aliphatic carbocycles. The molecule has 10 heteroatoms. The van der Waals surface area contributed by atoms with E-state index in [4.69, 9.17) is 25.8 Å². The van der Waals surface area contributed by atoms with E-state index < -0.39 is 17.8 Å². The lowest BCUT2D eigenvalue weighted by Gasteiger charge is -2.08. The highest BCUT2D eigenvalue weighted by molar-refractivity contribution is 7.19. The van der Waals surface area contributed by atoms with Crippen LogP contribution in [0.2, 0.25) is 5.02 Å². The van der Waals surface area contributed by atoms with Crippen LogP contribution in [-0.4, -0.2) is 38.1 Å². The highest BCUT2D eigenvalue weighted by atomic mass is 35.5. The zero-order valence-corrected chi connectivity index (χ0v) is 20.3. The summed E-state index contributed by atoms with van der Waals surface area (Å²) in [6.07, 6.45) is 0. The van der Waals surface area contributed by atoms with E-state index >= 15 is 0 Å². The molecule has 2 N–H and O–H groups in total. The van der Waals surface area contributed by atoms with E-state index in [0.29, 0.717) is 34.4 Å². The Morgan fingerprint density at radius 2 is 1.56 bits per heavy atom. The fourth-order valence-corrected chi connectivity index (χ4v) is 4.23. The largest absolute Gasteiger partial charge is 0.494 e. The molecule has 1 heterocycles. The number of benzene rings is 2. The van der Waals surface area contributed by atoms with Crippen LogP contribution in [0.3, 0.4) is 0 Å². The number of hydrogen-bond acceptors (Lipinski definition) is 7. The van der Waals surface area contributed by atoms with Gasteiger partial charge in [-0.05, 0) is 67.9 Å². The van der Waals surface area contributed by atoms with Gasteiger partial charge in [-0.1, -0.05) is 11.6 Å². The predicted molar refractivity (Wildman–Crippen MR) is 132 cm³/mol. The lowest BCUT2D eigenvalue weighted by molar-refractivity contribution is -0.118. The second-order valence-corrected chi connectivity index (χ2v) is 8.41. The minimum atomic E-state index is -0.664. The first-order valence-electron chi connectivity index (χ1n) is 10.3. The Morgan fingerprint density at radius 1 is 0.941 bits per heavy atom. The van der Waals surface area contributed by atoms with Gasteiger partial charge in [0.15, 0.2) is 6.61 Å². The third-order valence-electron chi connectivity index (χ3n) is 4.60. The standard InChI is InChI=1S/C24H23ClN2O6S/c1-4-32-17-11-7-16(8-12-17)26-22(29)21-14(2)20(24(30)31-3)23(34-21)27-19(28)13-33-18-9-5-15(25)6-10-18/h5-12H,4,13H2,1-3H3,(H,26,29)(H,27,28). The lowest BCUT2D eigenvalue weighted by atomic mass is 10.1. The molecule has 34 heavy (non-hydrogen) atoms. The van der Waals surface area contributed by atoms with Gasteiger partial charge in [0.25, 0.3) is 11.8 Å². The van der Waals surface area contributed by atoms with Crippen molar-refractivity contribution >= 4 is 51.4 Å². The van der Waals surface area contributed by atoms with Crippen molar-refractivity contribution in [2.45, 2.75) is 13.8 Å². The summed E-state index contributed by atoms with van der Waals surface area (Å²) < 4.78 is 15.7.